The fraction of sp³-hybridized carbons (Fsp3) is 0.462. The summed E-state index contributed by atoms with van der Waals surface area (Å²) in [7, 11) is 0. The lowest BCUT2D eigenvalue weighted by Crippen LogP contribution is -2.42. The number of carbonyl (C=O) groups is 2. The van der Waals surface area contributed by atoms with Gasteiger partial charge in [0, 0.05) is 12.6 Å². The van der Waals surface area contributed by atoms with Crippen LogP contribution in [-0.2, 0) is 4.79 Å². The minimum Gasteiger partial charge on any atom is -0.273 e. The SMILES string of the molecule is O=C(CC1CCCC1)NNC(=O)c1ccccn1. The first kappa shape index (κ1) is 12.5. The molecule has 1 saturated carbocycles. The first-order valence-electron chi connectivity index (χ1n) is 6.26. The summed E-state index contributed by atoms with van der Waals surface area (Å²) >= 11 is 0. The molecule has 0 atom stereocenters. The minimum atomic E-state index is -0.393. The molecular formula is C13H17N3O2. The maximum atomic E-state index is 11.6. The van der Waals surface area contributed by atoms with Crippen LogP contribution < -0.4 is 10.9 Å². The van der Waals surface area contributed by atoms with E-state index in [4.69, 9.17) is 0 Å². The predicted octanol–water partition coefficient (Wildman–Crippen LogP) is 1.42. The Bertz CT molecular complexity index is 414. The monoisotopic (exact) mass is 247 g/mol. The molecule has 0 bridgehead atoms. The van der Waals surface area contributed by atoms with Gasteiger partial charge in [-0.1, -0.05) is 18.9 Å². The standard InChI is InChI=1S/C13H17N3O2/c17-12(9-10-5-1-2-6-10)15-16-13(18)11-7-3-4-8-14-11/h3-4,7-8,10H,1-2,5-6,9H2,(H,15,17)(H,16,18). The van der Waals surface area contributed by atoms with Gasteiger partial charge in [-0.3, -0.25) is 25.4 Å². The Kier molecular flexibility index (Phi) is 4.28. The smallest absolute Gasteiger partial charge is 0.273 e. The van der Waals surface area contributed by atoms with Crippen LogP contribution in [0, 0.1) is 5.92 Å². The molecule has 0 radical (unpaired) electrons. The zero-order valence-corrected chi connectivity index (χ0v) is 10.2. The third-order valence-corrected chi connectivity index (χ3v) is 3.16. The molecule has 18 heavy (non-hydrogen) atoms. The third-order valence-electron chi connectivity index (χ3n) is 3.16. The maximum absolute atomic E-state index is 11.6. The Balaban J connectivity index is 1.74. The quantitative estimate of drug-likeness (QED) is 0.794. The summed E-state index contributed by atoms with van der Waals surface area (Å²) < 4.78 is 0. The van der Waals surface area contributed by atoms with E-state index in [9.17, 15) is 9.59 Å². The Morgan fingerprint density at radius 2 is 2.00 bits per heavy atom. The number of aromatic nitrogens is 1. The van der Waals surface area contributed by atoms with Crippen molar-refractivity contribution in [3.63, 3.8) is 0 Å². The van der Waals surface area contributed by atoms with E-state index in [0.717, 1.165) is 12.8 Å². The van der Waals surface area contributed by atoms with Gasteiger partial charge in [-0.15, -0.1) is 0 Å². The van der Waals surface area contributed by atoms with Crippen molar-refractivity contribution < 1.29 is 9.59 Å². The molecule has 0 unspecified atom stereocenters. The summed E-state index contributed by atoms with van der Waals surface area (Å²) in [6.45, 7) is 0. The number of amides is 2. The highest BCUT2D eigenvalue weighted by Gasteiger charge is 2.18. The molecule has 0 saturated heterocycles. The average molecular weight is 247 g/mol. The van der Waals surface area contributed by atoms with Gasteiger partial charge < -0.3 is 0 Å². The largest absolute Gasteiger partial charge is 0.288 e. The Morgan fingerprint density at radius 1 is 1.22 bits per heavy atom. The van der Waals surface area contributed by atoms with Gasteiger partial charge in [0.1, 0.15) is 5.69 Å². The van der Waals surface area contributed by atoms with Crippen LogP contribution in [0.1, 0.15) is 42.6 Å². The predicted molar refractivity (Wildman–Crippen MR) is 66.4 cm³/mol. The van der Waals surface area contributed by atoms with Crippen LogP contribution in [0.15, 0.2) is 24.4 Å². The molecule has 1 aromatic heterocycles. The lowest BCUT2D eigenvalue weighted by atomic mass is 10.0. The van der Waals surface area contributed by atoms with Gasteiger partial charge in [0.2, 0.25) is 5.91 Å². The second-order valence-electron chi connectivity index (χ2n) is 4.57. The molecule has 0 aliphatic heterocycles. The van der Waals surface area contributed by atoms with Crippen LogP contribution in [0.5, 0.6) is 0 Å². The van der Waals surface area contributed by atoms with Gasteiger partial charge >= 0.3 is 0 Å². The summed E-state index contributed by atoms with van der Waals surface area (Å²) in [5.41, 5.74) is 5.09. The Hall–Kier alpha value is -1.91. The van der Waals surface area contributed by atoms with E-state index in [1.165, 1.54) is 19.0 Å². The molecule has 1 aliphatic carbocycles. The van der Waals surface area contributed by atoms with Crippen molar-refractivity contribution >= 4 is 11.8 Å². The number of rotatable bonds is 3. The van der Waals surface area contributed by atoms with E-state index < -0.39 is 5.91 Å². The molecule has 2 N–H and O–H groups in total. The molecule has 5 heteroatoms. The Labute approximate surface area is 106 Å². The van der Waals surface area contributed by atoms with E-state index >= 15 is 0 Å². The highest BCUT2D eigenvalue weighted by Crippen LogP contribution is 2.27. The molecule has 0 aromatic carbocycles. The number of carbonyl (C=O) groups excluding carboxylic acids is 2. The van der Waals surface area contributed by atoms with E-state index in [1.807, 2.05) is 0 Å². The Morgan fingerprint density at radius 3 is 2.67 bits per heavy atom. The number of hydrogen-bond acceptors (Lipinski definition) is 3. The molecule has 96 valence electrons. The van der Waals surface area contributed by atoms with Crippen molar-refractivity contribution in [3.8, 4) is 0 Å². The van der Waals surface area contributed by atoms with Crippen molar-refractivity contribution in [1.29, 1.82) is 0 Å². The molecule has 1 aromatic rings. The van der Waals surface area contributed by atoms with Gasteiger partial charge in [-0.2, -0.15) is 0 Å². The summed E-state index contributed by atoms with van der Waals surface area (Å²) in [4.78, 5) is 27.1. The second kappa shape index (κ2) is 6.14. The van der Waals surface area contributed by atoms with Crippen molar-refractivity contribution in [3.05, 3.63) is 30.1 Å². The topological polar surface area (TPSA) is 71.1 Å². The van der Waals surface area contributed by atoms with Crippen LogP contribution in [0.2, 0.25) is 0 Å². The van der Waals surface area contributed by atoms with Crippen molar-refractivity contribution in [1.82, 2.24) is 15.8 Å². The third kappa shape index (κ3) is 3.55. The number of hydrazine groups is 1. The van der Waals surface area contributed by atoms with E-state index in [-0.39, 0.29) is 5.91 Å². The van der Waals surface area contributed by atoms with E-state index in [0.29, 0.717) is 18.0 Å². The normalized spacial score (nSPS) is 15.3. The summed E-state index contributed by atoms with van der Waals surface area (Å²) in [6, 6.07) is 5.05. The van der Waals surface area contributed by atoms with E-state index in [1.54, 1.807) is 18.2 Å². The molecule has 5 nitrogen and oxygen atoms in total. The molecule has 0 spiro atoms. The van der Waals surface area contributed by atoms with Crippen LogP contribution in [0.4, 0.5) is 0 Å². The van der Waals surface area contributed by atoms with Crippen molar-refractivity contribution in [2.45, 2.75) is 32.1 Å². The number of pyridine rings is 1. The molecule has 1 aliphatic rings. The first-order valence-corrected chi connectivity index (χ1v) is 6.26. The summed E-state index contributed by atoms with van der Waals surface area (Å²) in [5.74, 6) is -0.0571. The van der Waals surface area contributed by atoms with Crippen LogP contribution in [-0.4, -0.2) is 16.8 Å². The van der Waals surface area contributed by atoms with Gasteiger partial charge in [0.05, 0.1) is 0 Å². The van der Waals surface area contributed by atoms with Crippen LogP contribution in [0.25, 0.3) is 0 Å². The number of nitrogens with zero attached hydrogens (tertiary/aromatic N) is 1. The fourth-order valence-corrected chi connectivity index (χ4v) is 2.22. The van der Waals surface area contributed by atoms with Crippen LogP contribution >= 0.6 is 0 Å². The highest BCUT2D eigenvalue weighted by atomic mass is 16.2. The molecule has 1 heterocycles. The molecular weight excluding hydrogens is 230 g/mol. The lowest BCUT2D eigenvalue weighted by Gasteiger charge is -2.10. The average Bonchev–Trinajstić information content (AvgIpc) is 2.90. The van der Waals surface area contributed by atoms with Crippen molar-refractivity contribution in [2.75, 3.05) is 0 Å². The fourth-order valence-electron chi connectivity index (χ4n) is 2.22. The number of nitrogens with one attached hydrogen (secondary N) is 2. The minimum absolute atomic E-state index is 0.133. The summed E-state index contributed by atoms with van der Waals surface area (Å²) in [5, 5.41) is 0. The zero-order chi connectivity index (χ0) is 12.8. The highest BCUT2D eigenvalue weighted by molar-refractivity contribution is 5.93. The molecule has 2 amide bonds. The zero-order valence-electron chi connectivity index (χ0n) is 10.2. The first-order chi connectivity index (χ1) is 8.75. The second-order valence-corrected chi connectivity index (χ2v) is 4.57. The van der Waals surface area contributed by atoms with Gasteiger partial charge in [-0.05, 0) is 30.9 Å². The van der Waals surface area contributed by atoms with E-state index in [2.05, 4.69) is 15.8 Å². The summed E-state index contributed by atoms with van der Waals surface area (Å²) in [6.07, 6.45) is 6.66. The number of hydrogen-bond donors (Lipinski definition) is 2. The maximum Gasteiger partial charge on any atom is 0.288 e. The van der Waals surface area contributed by atoms with Gasteiger partial charge in [0.25, 0.3) is 5.91 Å². The lowest BCUT2D eigenvalue weighted by molar-refractivity contribution is -0.122. The van der Waals surface area contributed by atoms with Crippen molar-refractivity contribution in [2.24, 2.45) is 5.92 Å². The van der Waals surface area contributed by atoms with Gasteiger partial charge in [-0.25, -0.2) is 0 Å². The molecule has 2 rings (SSSR count). The van der Waals surface area contributed by atoms with Crippen LogP contribution in [0.3, 0.4) is 0 Å². The van der Waals surface area contributed by atoms with Gasteiger partial charge in [0.15, 0.2) is 0 Å². The molecule has 1 fully saturated rings.